The zero-order chi connectivity index (χ0) is 20.5. The van der Waals surface area contributed by atoms with Gasteiger partial charge in [-0.2, -0.15) is 0 Å². The molecule has 3 aromatic rings. The molecule has 4 amide bonds. The van der Waals surface area contributed by atoms with E-state index in [9.17, 15) is 14.4 Å². The lowest BCUT2D eigenvalue weighted by atomic mass is 10.1. The summed E-state index contributed by atoms with van der Waals surface area (Å²) in [7, 11) is 0. The first kappa shape index (κ1) is 18.9. The number of imide groups is 2. The first-order chi connectivity index (χ1) is 13.9. The highest BCUT2D eigenvalue weighted by Crippen LogP contribution is 2.28. The number of carbonyl (C=O) groups excluding carboxylic acids is 3. The van der Waals surface area contributed by atoms with E-state index in [-0.39, 0.29) is 12.1 Å². The van der Waals surface area contributed by atoms with E-state index in [4.69, 9.17) is 8.83 Å². The van der Waals surface area contributed by atoms with Crippen LogP contribution in [0.3, 0.4) is 0 Å². The van der Waals surface area contributed by atoms with Crippen LogP contribution in [0.4, 0.5) is 4.79 Å². The molecule has 0 bridgehead atoms. The van der Waals surface area contributed by atoms with Gasteiger partial charge in [-0.05, 0) is 55.0 Å². The van der Waals surface area contributed by atoms with E-state index >= 15 is 0 Å². The fourth-order valence-electron chi connectivity index (χ4n) is 2.92. The van der Waals surface area contributed by atoms with Crippen LogP contribution in [0.15, 0.2) is 67.6 Å². The van der Waals surface area contributed by atoms with E-state index in [0.717, 1.165) is 20.5 Å². The van der Waals surface area contributed by atoms with Crippen LogP contribution in [0.1, 0.15) is 17.1 Å². The molecule has 3 heterocycles. The van der Waals surface area contributed by atoms with Crippen LogP contribution in [0.2, 0.25) is 0 Å². The maximum Gasteiger partial charge on any atom is 0.331 e. The van der Waals surface area contributed by atoms with Crippen LogP contribution in [-0.2, 0) is 16.1 Å². The van der Waals surface area contributed by atoms with Crippen molar-refractivity contribution < 1.29 is 23.2 Å². The molecule has 8 heteroatoms. The summed E-state index contributed by atoms with van der Waals surface area (Å²) in [6, 6.07) is 11.7. The van der Waals surface area contributed by atoms with E-state index in [1.165, 1.54) is 12.3 Å². The number of barbiturate groups is 1. The van der Waals surface area contributed by atoms with Crippen LogP contribution in [-0.4, -0.2) is 22.7 Å². The maximum atomic E-state index is 12.7. The first-order valence-corrected chi connectivity index (χ1v) is 9.49. The second-order valence-corrected chi connectivity index (χ2v) is 7.31. The molecular weight excluding hydrogens is 440 g/mol. The van der Waals surface area contributed by atoms with Gasteiger partial charge in [-0.25, -0.2) is 4.79 Å². The van der Waals surface area contributed by atoms with Gasteiger partial charge < -0.3 is 8.83 Å². The average Bonchev–Trinajstić information content (AvgIpc) is 3.36. The van der Waals surface area contributed by atoms with Gasteiger partial charge in [-0.1, -0.05) is 22.0 Å². The second-order valence-electron chi connectivity index (χ2n) is 6.45. The van der Waals surface area contributed by atoms with Crippen molar-refractivity contribution >= 4 is 39.9 Å². The molecule has 2 aromatic heterocycles. The van der Waals surface area contributed by atoms with Crippen molar-refractivity contribution in [3.8, 4) is 11.3 Å². The molecule has 1 N–H and O–H groups in total. The summed E-state index contributed by atoms with van der Waals surface area (Å²) in [5, 5.41) is 2.17. The van der Waals surface area contributed by atoms with E-state index in [1.54, 1.807) is 24.3 Å². The third kappa shape index (κ3) is 3.79. The van der Waals surface area contributed by atoms with E-state index < -0.39 is 17.8 Å². The Kier molecular flexibility index (Phi) is 4.94. The summed E-state index contributed by atoms with van der Waals surface area (Å²) >= 11 is 3.46. The number of carbonyl (C=O) groups is 3. The fourth-order valence-corrected chi connectivity index (χ4v) is 3.17. The predicted molar refractivity (Wildman–Crippen MR) is 107 cm³/mol. The standard InChI is InChI=1S/C21H15BrN2O5/c1-12-9-13(4-6-17(12)22)18-7-5-14(29-18)10-16-19(25)23-21(27)24(20(16)26)11-15-3-2-8-28-15/h2-10H,11H2,1H3,(H,23,25,27)/b16-10-. The molecule has 1 saturated heterocycles. The van der Waals surface area contributed by atoms with Crippen LogP contribution in [0.5, 0.6) is 0 Å². The van der Waals surface area contributed by atoms with Crippen LogP contribution >= 0.6 is 15.9 Å². The molecule has 0 saturated carbocycles. The number of nitrogens with one attached hydrogen (secondary N) is 1. The molecule has 0 atom stereocenters. The molecule has 4 rings (SSSR count). The van der Waals surface area contributed by atoms with Crippen molar-refractivity contribution in [2.24, 2.45) is 0 Å². The Morgan fingerprint density at radius 1 is 1.14 bits per heavy atom. The van der Waals surface area contributed by atoms with Gasteiger partial charge in [0.2, 0.25) is 0 Å². The number of rotatable bonds is 4. The molecule has 0 spiro atoms. The van der Waals surface area contributed by atoms with Gasteiger partial charge in [-0.3, -0.25) is 19.8 Å². The Morgan fingerprint density at radius 3 is 2.69 bits per heavy atom. The lowest BCUT2D eigenvalue weighted by Gasteiger charge is -2.25. The van der Waals surface area contributed by atoms with Gasteiger partial charge in [0.1, 0.15) is 22.9 Å². The summed E-state index contributed by atoms with van der Waals surface area (Å²) in [5.74, 6) is -0.139. The minimum Gasteiger partial charge on any atom is -0.467 e. The topological polar surface area (TPSA) is 92.8 Å². The third-order valence-corrected chi connectivity index (χ3v) is 5.33. The number of aryl methyl sites for hydroxylation is 1. The zero-order valence-corrected chi connectivity index (χ0v) is 16.9. The van der Waals surface area contributed by atoms with Crippen molar-refractivity contribution in [3.63, 3.8) is 0 Å². The van der Waals surface area contributed by atoms with Gasteiger partial charge in [-0.15, -0.1) is 0 Å². The Morgan fingerprint density at radius 2 is 1.97 bits per heavy atom. The minimum atomic E-state index is -0.793. The normalized spacial score (nSPS) is 15.9. The first-order valence-electron chi connectivity index (χ1n) is 8.70. The smallest absolute Gasteiger partial charge is 0.331 e. The molecule has 1 aromatic carbocycles. The molecule has 1 fully saturated rings. The van der Waals surface area contributed by atoms with Gasteiger partial charge in [0, 0.05) is 10.0 Å². The minimum absolute atomic E-state index is 0.0795. The molecule has 29 heavy (non-hydrogen) atoms. The third-order valence-electron chi connectivity index (χ3n) is 4.44. The number of urea groups is 1. The fraction of sp³-hybridized carbons (Fsp3) is 0.0952. The van der Waals surface area contributed by atoms with Crippen LogP contribution in [0, 0.1) is 6.92 Å². The summed E-state index contributed by atoms with van der Waals surface area (Å²) in [6.07, 6.45) is 2.77. The highest BCUT2D eigenvalue weighted by atomic mass is 79.9. The van der Waals surface area contributed by atoms with Gasteiger partial charge in [0.15, 0.2) is 0 Å². The van der Waals surface area contributed by atoms with E-state index in [2.05, 4.69) is 21.2 Å². The number of nitrogens with zero attached hydrogens (tertiary/aromatic N) is 1. The molecule has 0 aliphatic carbocycles. The molecule has 0 radical (unpaired) electrons. The van der Waals surface area contributed by atoms with Crippen LogP contribution < -0.4 is 5.32 Å². The Bertz CT molecular complexity index is 1140. The summed E-state index contributed by atoms with van der Waals surface area (Å²) < 4.78 is 12.0. The second kappa shape index (κ2) is 7.56. The number of halogens is 1. The van der Waals surface area contributed by atoms with Crippen molar-refractivity contribution in [2.45, 2.75) is 13.5 Å². The van der Waals surface area contributed by atoms with Crippen LogP contribution in [0.25, 0.3) is 17.4 Å². The lowest BCUT2D eigenvalue weighted by molar-refractivity contribution is -0.130. The summed E-state index contributed by atoms with van der Waals surface area (Å²) in [4.78, 5) is 37.9. The quantitative estimate of drug-likeness (QED) is 0.469. The number of hydrogen-bond donors (Lipinski definition) is 1. The van der Waals surface area contributed by atoms with Crippen molar-refractivity contribution in [1.29, 1.82) is 0 Å². The van der Waals surface area contributed by atoms with Gasteiger partial charge in [0.25, 0.3) is 11.8 Å². The largest absolute Gasteiger partial charge is 0.467 e. The lowest BCUT2D eigenvalue weighted by Crippen LogP contribution is -2.53. The maximum absolute atomic E-state index is 12.7. The monoisotopic (exact) mass is 454 g/mol. The van der Waals surface area contributed by atoms with Crippen molar-refractivity contribution in [3.05, 3.63) is 75.9 Å². The highest BCUT2D eigenvalue weighted by molar-refractivity contribution is 9.10. The molecule has 0 unspecified atom stereocenters. The van der Waals surface area contributed by atoms with E-state index in [1.807, 2.05) is 25.1 Å². The number of amides is 4. The molecule has 1 aliphatic rings. The van der Waals surface area contributed by atoms with Crippen molar-refractivity contribution in [2.75, 3.05) is 0 Å². The number of furan rings is 2. The van der Waals surface area contributed by atoms with Gasteiger partial charge >= 0.3 is 6.03 Å². The molecular formula is C21H15BrN2O5. The van der Waals surface area contributed by atoms with E-state index in [0.29, 0.717) is 17.3 Å². The summed E-state index contributed by atoms with van der Waals surface area (Å²) in [6.45, 7) is 1.89. The summed E-state index contributed by atoms with van der Waals surface area (Å²) in [5.41, 5.74) is 1.72. The molecule has 1 aliphatic heterocycles. The number of hydrogen-bond acceptors (Lipinski definition) is 5. The Balaban J connectivity index is 1.61. The Labute approximate surface area is 174 Å². The highest BCUT2D eigenvalue weighted by Gasteiger charge is 2.36. The average molecular weight is 455 g/mol. The zero-order valence-electron chi connectivity index (χ0n) is 15.3. The molecule has 7 nitrogen and oxygen atoms in total. The Hall–Kier alpha value is -3.39. The predicted octanol–water partition coefficient (Wildman–Crippen LogP) is 4.27. The SMILES string of the molecule is Cc1cc(-c2ccc(/C=C3/C(=O)NC(=O)N(Cc4ccco4)C3=O)o2)ccc1Br. The number of benzene rings is 1. The van der Waals surface area contributed by atoms with Gasteiger partial charge in [0.05, 0.1) is 12.8 Å². The molecule has 146 valence electrons. The van der Waals surface area contributed by atoms with Crippen molar-refractivity contribution in [1.82, 2.24) is 10.2 Å².